The summed E-state index contributed by atoms with van der Waals surface area (Å²) in [7, 11) is 0. The van der Waals surface area contributed by atoms with Gasteiger partial charge in [0.15, 0.2) is 6.10 Å². The fourth-order valence-electron chi connectivity index (χ4n) is 0.796. The Morgan fingerprint density at radius 1 is 1.54 bits per heavy atom. The highest BCUT2D eigenvalue weighted by Crippen LogP contribution is 2.11. The van der Waals surface area contributed by atoms with Crippen LogP contribution in [0.5, 0.6) is 5.88 Å². The quantitative estimate of drug-likeness (QED) is 0.536. The van der Waals surface area contributed by atoms with Crippen LogP contribution in [0.3, 0.4) is 0 Å². The standard InChI is InChI=1S/C9H9ClN2O/c1-3-4-7(2)13-9-5-8(10)11-6-12-9/h5-7H,1-2H3. The second-order valence-electron chi connectivity index (χ2n) is 2.33. The summed E-state index contributed by atoms with van der Waals surface area (Å²) < 4.78 is 5.33. The Bertz CT molecular complexity index is 343. The van der Waals surface area contributed by atoms with Crippen LogP contribution in [-0.2, 0) is 0 Å². The molecule has 4 heteroatoms. The molecule has 0 bridgehead atoms. The molecule has 1 aromatic heterocycles. The lowest BCUT2D eigenvalue weighted by Gasteiger charge is -2.06. The van der Waals surface area contributed by atoms with Crippen LogP contribution >= 0.6 is 11.6 Å². The minimum atomic E-state index is -0.184. The summed E-state index contributed by atoms with van der Waals surface area (Å²) >= 11 is 5.64. The molecule has 0 aromatic carbocycles. The molecular formula is C9H9ClN2O. The van der Waals surface area contributed by atoms with Gasteiger partial charge in [0.05, 0.1) is 0 Å². The first-order valence-corrected chi connectivity index (χ1v) is 4.16. The van der Waals surface area contributed by atoms with Gasteiger partial charge in [-0.05, 0) is 13.8 Å². The van der Waals surface area contributed by atoms with Gasteiger partial charge in [-0.15, -0.1) is 5.92 Å². The molecule has 0 saturated heterocycles. The fraction of sp³-hybridized carbons (Fsp3) is 0.333. The first kappa shape index (κ1) is 9.82. The van der Waals surface area contributed by atoms with Gasteiger partial charge in [-0.1, -0.05) is 17.5 Å². The normalized spacial score (nSPS) is 11.3. The van der Waals surface area contributed by atoms with Crippen molar-refractivity contribution >= 4 is 11.6 Å². The molecule has 1 unspecified atom stereocenters. The van der Waals surface area contributed by atoms with Crippen LogP contribution in [0.1, 0.15) is 13.8 Å². The van der Waals surface area contributed by atoms with Crippen LogP contribution in [-0.4, -0.2) is 16.1 Å². The van der Waals surface area contributed by atoms with Gasteiger partial charge in [-0.25, -0.2) is 9.97 Å². The summed E-state index contributed by atoms with van der Waals surface area (Å²) in [6.07, 6.45) is 1.17. The predicted molar refractivity (Wildman–Crippen MR) is 50.6 cm³/mol. The second-order valence-corrected chi connectivity index (χ2v) is 2.72. The number of aromatic nitrogens is 2. The summed E-state index contributed by atoms with van der Waals surface area (Å²) in [5.41, 5.74) is 0. The van der Waals surface area contributed by atoms with E-state index in [1.807, 2.05) is 6.92 Å². The summed E-state index contributed by atoms with van der Waals surface area (Å²) in [6.45, 7) is 3.60. The van der Waals surface area contributed by atoms with Gasteiger partial charge in [0.2, 0.25) is 5.88 Å². The van der Waals surface area contributed by atoms with Crippen LogP contribution in [0, 0.1) is 11.8 Å². The smallest absolute Gasteiger partial charge is 0.219 e. The maximum absolute atomic E-state index is 5.64. The van der Waals surface area contributed by atoms with E-state index in [9.17, 15) is 0 Å². The average Bonchev–Trinajstić information content (AvgIpc) is 2.04. The molecule has 1 atom stereocenters. The molecule has 0 aliphatic carbocycles. The van der Waals surface area contributed by atoms with Crippen molar-refractivity contribution in [2.75, 3.05) is 0 Å². The van der Waals surface area contributed by atoms with E-state index in [2.05, 4.69) is 21.8 Å². The maximum atomic E-state index is 5.64. The van der Waals surface area contributed by atoms with E-state index >= 15 is 0 Å². The van der Waals surface area contributed by atoms with Crippen molar-refractivity contribution in [3.63, 3.8) is 0 Å². The Balaban J connectivity index is 2.67. The maximum Gasteiger partial charge on any atom is 0.219 e. The predicted octanol–water partition coefficient (Wildman–Crippen LogP) is 1.92. The van der Waals surface area contributed by atoms with Crippen molar-refractivity contribution in [3.05, 3.63) is 17.5 Å². The highest BCUT2D eigenvalue weighted by atomic mass is 35.5. The molecule has 0 fully saturated rings. The minimum absolute atomic E-state index is 0.184. The minimum Gasteiger partial charge on any atom is -0.461 e. The number of halogens is 1. The van der Waals surface area contributed by atoms with E-state index in [4.69, 9.17) is 16.3 Å². The van der Waals surface area contributed by atoms with Crippen LogP contribution in [0.2, 0.25) is 5.15 Å². The van der Waals surface area contributed by atoms with E-state index in [0.717, 1.165) is 0 Å². The summed E-state index contributed by atoms with van der Waals surface area (Å²) in [5.74, 6) is 6.03. The van der Waals surface area contributed by atoms with Crippen LogP contribution in [0.15, 0.2) is 12.4 Å². The molecule has 0 spiro atoms. The van der Waals surface area contributed by atoms with E-state index in [1.54, 1.807) is 13.0 Å². The molecule has 13 heavy (non-hydrogen) atoms. The molecule has 1 aromatic rings. The van der Waals surface area contributed by atoms with Crippen LogP contribution in [0.25, 0.3) is 0 Å². The molecule has 0 aliphatic rings. The molecular weight excluding hydrogens is 188 g/mol. The lowest BCUT2D eigenvalue weighted by molar-refractivity contribution is 0.267. The van der Waals surface area contributed by atoms with Crippen molar-refractivity contribution < 1.29 is 4.74 Å². The van der Waals surface area contributed by atoms with Gasteiger partial charge >= 0.3 is 0 Å². The number of nitrogens with zero attached hydrogens (tertiary/aromatic N) is 2. The molecule has 0 amide bonds. The third-order valence-electron chi connectivity index (χ3n) is 1.25. The van der Waals surface area contributed by atoms with Crippen molar-refractivity contribution in [3.8, 4) is 17.7 Å². The van der Waals surface area contributed by atoms with Crippen molar-refractivity contribution in [2.45, 2.75) is 20.0 Å². The molecule has 1 heterocycles. The Kier molecular flexibility index (Phi) is 3.53. The summed E-state index contributed by atoms with van der Waals surface area (Å²) in [6, 6.07) is 1.55. The van der Waals surface area contributed by atoms with Gasteiger partial charge in [-0.2, -0.15) is 0 Å². The van der Waals surface area contributed by atoms with Crippen LogP contribution < -0.4 is 4.74 Å². The topological polar surface area (TPSA) is 35.0 Å². The number of hydrogen-bond acceptors (Lipinski definition) is 3. The van der Waals surface area contributed by atoms with Crippen molar-refractivity contribution in [1.29, 1.82) is 0 Å². The van der Waals surface area contributed by atoms with E-state index in [-0.39, 0.29) is 6.10 Å². The van der Waals surface area contributed by atoms with Gasteiger partial charge in [0, 0.05) is 6.07 Å². The lowest BCUT2D eigenvalue weighted by Crippen LogP contribution is -2.09. The summed E-state index contributed by atoms with van der Waals surface area (Å²) in [5, 5.41) is 0.363. The van der Waals surface area contributed by atoms with Crippen molar-refractivity contribution in [2.24, 2.45) is 0 Å². The number of rotatable bonds is 2. The number of hydrogen-bond donors (Lipinski definition) is 0. The average molecular weight is 197 g/mol. The van der Waals surface area contributed by atoms with Gasteiger partial charge in [0.25, 0.3) is 0 Å². The number of ether oxygens (including phenoxy) is 1. The zero-order valence-corrected chi connectivity index (χ0v) is 8.17. The molecule has 1 rings (SSSR count). The van der Waals surface area contributed by atoms with E-state index in [1.165, 1.54) is 6.33 Å². The SMILES string of the molecule is CC#CC(C)Oc1cc(Cl)ncn1. The second kappa shape index (κ2) is 4.68. The Morgan fingerprint density at radius 2 is 2.31 bits per heavy atom. The van der Waals surface area contributed by atoms with Gasteiger partial charge < -0.3 is 4.74 Å². The van der Waals surface area contributed by atoms with Gasteiger partial charge in [-0.3, -0.25) is 0 Å². The molecule has 68 valence electrons. The third-order valence-corrected chi connectivity index (χ3v) is 1.46. The fourth-order valence-corrected chi connectivity index (χ4v) is 0.933. The highest BCUT2D eigenvalue weighted by Gasteiger charge is 2.01. The van der Waals surface area contributed by atoms with Crippen molar-refractivity contribution in [1.82, 2.24) is 9.97 Å². The molecule has 0 radical (unpaired) electrons. The Labute approximate surface area is 82.1 Å². The molecule has 3 nitrogen and oxygen atoms in total. The van der Waals surface area contributed by atoms with E-state index < -0.39 is 0 Å². The van der Waals surface area contributed by atoms with Crippen LogP contribution in [0.4, 0.5) is 0 Å². The largest absolute Gasteiger partial charge is 0.461 e. The summed E-state index contributed by atoms with van der Waals surface area (Å²) in [4.78, 5) is 7.61. The molecule has 0 saturated carbocycles. The zero-order chi connectivity index (χ0) is 9.68. The molecule has 0 aliphatic heterocycles. The zero-order valence-electron chi connectivity index (χ0n) is 7.41. The monoisotopic (exact) mass is 196 g/mol. The highest BCUT2D eigenvalue weighted by molar-refractivity contribution is 6.29. The first-order chi connectivity index (χ1) is 6.22. The van der Waals surface area contributed by atoms with Gasteiger partial charge in [0.1, 0.15) is 11.5 Å². The Morgan fingerprint density at radius 3 is 2.92 bits per heavy atom. The third kappa shape index (κ3) is 3.30. The first-order valence-electron chi connectivity index (χ1n) is 3.79. The Hall–Kier alpha value is -1.27. The molecule has 0 N–H and O–H groups in total. The lowest BCUT2D eigenvalue weighted by atomic mass is 10.4. The van der Waals surface area contributed by atoms with E-state index in [0.29, 0.717) is 11.0 Å².